The van der Waals surface area contributed by atoms with Gasteiger partial charge in [-0.05, 0) is 45.0 Å². The molecule has 0 bridgehead atoms. The van der Waals surface area contributed by atoms with E-state index in [-0.39, 0.29) is 18.2 Å². The Bertz CT molecular complexity index is 986. The minimum atomic E-state index is -4.41. The minimum Gasteiger partial charge on any atom is -0.372 e. The predicted octanol–water partition coefficient (Wildman–Crippen LogP) is 4.01. The number of amides is 2. The Hall–Kier alpha value is -2.88. The summed E-state index contributed by atoms with van der Waals surface area (Å²) in [7, 11) is 0. The lowest BCUT2D eigenvalue weighted by molar-refractivity contribution is -0.137. The van der Waals surface area contributed by atoms with Crippen LogP contribution in [0.4, 0.5) is 29.5 Å². The maximum atomic E-state index is 12.8. The number of hydrogen-bond donors (Lipinski definition) is 1. The fourth-order valence-corrected chi connectivity index (χ4v) is 4.25. The van der Waals surface area contributed by atoms with Crippen LogP contribution in [0.15, 0.2) is 24.3 Å². The highest BCUT2D eigenvalue weighted by Gasteiger charge is 2.32. The average Bonchev–Trinajstić information content (AvgIpc) is 2.71. The molecule has 1 aromatic heterocycles. The standard InChI is InChI=1S/C22H26F3N5O2/c1-13-10-30(11-14(2)32-13)20-18-12-29(9-8-19(18)26-15(3)27-20)21(31)28-17-6-4-16(5-7-17)22(23,24)25/h4-7,13-14H,8-12H2,1-3H3,(H,28,31). The van der Waals surface area contributed by atoms with E-state index >= 15 is 0 Å². The molecule has 2 aromatic rings. The van der Waals surface area contributed by atoms with Crippen LogP contribution in [0, 0.1) is 6.92 Å². The second-order valence-corrected chi connectivity index (χ2v) is 8.36. The Labute approximate surface area is 184 Å². The van der Waals surface area contributed by atoms with Gasteiger partial charge >= 0.3 is 12.2 Å². The Morgan fingerprint density at radius 3 is 2.41 bits per heavy atom. The van der Waals surface area contributed by atoms with Crippen molar-refractivity contribution < 1.29 is 22.7 Å². The highest BCUT2D eigenvalue weighted by atomic mass is 19.4. The summed E-state index contributed by atoms with van der Waals surface area (Å²) in [6.45, 7) is 8.10. The average molecular weight is 449 g/mol. The summed E-state index contributed by atoms with van der Waals surface area (Å²) >= 11 is 0. The number of rotatable bonds is 2. The van der Waals surface area contributed by atoms with Crippen molar-refractivity contribution >= 4 is 17.5 Å². The molecular weight excluding hydrogens is 423 g/mol. The molecule has 2 aliphatic rings. The zero-order valence-electron chi connectivity index (χ0n) is 18.2. The molecule has 2 unspecified atom stereocenters. The molecule has 10 heteroatoms. The van der Waals surface area contributed by atoms with E-state index in [0.29, 0.717) is 44.1 Å². The molecule has 2 amide bonds. The maximum absolute atomic E-state index is 12.8. The number of aryl methyl sites for hydroxylation is 1. The third kappa shape index (κ3) is 4.79. The molecule has 172 valence electrons. The number of benzene rings is 1. The first kappa shape index (κ1) is 22.3. The van der Waals surface area contributed by atoms with Crippen molar-refractivity contribution in [3.05, 3.63) is 46.9 Å². The van der Waals surface area contributed by atoms with Gasteiger partial charge in [0.1, 0.15) is 11.6 Å². The number of carbonyl (C=O) groups is 1. The summed E-state index contributed by atoms with van der Waals surface area (Å²) in [4.78, 5) is 25.9. The zero-order valence-corrected chi connectivity index (χ0v) is 18.2. The number of anilines is 2. The molecule has 1 fully saturated rings. The van der Waals surface area contributed by atoms with Crippen LogP contribution in [-0.2, 0) is 23.9 Å². The molecule has 2 atom stereocenters. The first-order valence-electron chi connectivity index (χ1n) is 10.6. The van der Waals surface area contributed by atoms with E-state index in [2.05, 4.69) is 20.2 Å². The molecular formula is C22H26F3N5O2. The maximum Gasteiger partial charge on any atom is 0.416 e. The van der Waals surface area contributed by atoms with Crippen LogP contribution in [0.25, 0.3) is 0 Å². The Balaban J connectivity index is 1.52. The van der Waals surface area contributed by atoms with Crippen LogP contribution in [-0.4, -0.2) is 52.7 Å². The number of alkyl halides is 3. The van der Waals surface area contributed by atoms with Crippen LogP contribution in [0.3, 0.4) is 0 Å². The zero-order chi connectivity index (χ0) is 23.0. The first-order valence-corrected chi connectivity index (χ1v) is 10.6. The number of morpholine rings is 1. The van der Waals surface area contributed by atoms with Gasteiger partial charge in [-0.1, -0.05) is 0 Å². The molecule has 1 saturated heterocycles. The van der Waals surface area contributed by atoms with Crippen molar-refractivity contribution in [3.8, 4) is 0 Å². The van der Waals surface area contributed by atoms with Crippen LogP contribution < -0.4 is 10.2 Å². The summed E-state index contributed by atoms with van der Waals surface area (Å²) in [5.41, 5.74) is 1.39. The molecule has 1 aromatic carbocycles. The van der Waals surface area contributed by atoms with Gasteiger partial charge in [0, 0.05) is 37.3 Å². The van der Waals surface area contributed by atoms with Gasteiger partial charge in [-0.25, -0.2) is 14.8 Å². The SMILES string of the molecule is Cc1nc2c(c(N3CC(C)OC(C)C3)n1)CN(C(=O)Nc1ccc(C(F)(F)F)cc1)CC2. The lowest BCUT2D eigenvalue weighted by Crippen LogP contribution is -2.47. The molecule has 1 N–H and O–H groups in total. The Kier molecular flexibility index (Phi) is 5.98. The van der Waals surface area contributed by atoms with E-state index in [1.807, 2.05) is 20.8 Å². The molecule has 0 saturated carbocycles. The van der Waals surface area contributed by atoms with Crippen molar-refractivity contribution in [1.29, 1.82) is 0 Å². The Morgan fingerprint density at radius 1 is 1.12 bits per heavy atom. The van der Waals surface area contributed by atoms with Gasteiger partial charge < -0.3 is 19.9 Å². The third-order valence-electron chi connectivity index (χ3n) is 5.62. The molecule has 0 aliphatic carbocycles. The number of ether oxygens (including phenoxy) is 1. The molecule has 0 spiro atoms. The van der Waals surface area contributed by atoms with E-state index in [1.165, 1.54) is 12.1 Å². The quantitative estimate of drug-likeness (QED) is 0.750. The fraction of sp³-hybridized carbons (Fsp3) is 0.500. The number of urea groups is 1. The van der Waals surface area contributed by atoms with Crippen LogP contribution in [0.2, 0.25) is 0 Å². The second-order valence-electron chi connectivity index (χ2n) is 8.36. The Morgan fingerprint density at radius 2 is 1.78 bits per heavy atom. The number of carbonyl (C=O) groups excluding carboxylic acids is 1. The van der Waals surface area contributed by atoms with Crippen LogP contribution >= 0.6 is 0 Å². The molecule has 2 aliphatic heterocycles. The number of halogens is 3. The summed E-state index contributed by atoms with van der Waals surface area (Å²) in [5, 5.41) is 2.69. The van der Waals surface area contributed by atoms with Crippen LogP contribution in [0.1, 0.15) is 36.5 Å². The van der Waals surface area contributed by atoms with E-state index in [4.69, 9.17) is 4.74 Å². The molecule has 7 nitrogen and oxygen atoms in total. The smallest absolute Gasteiger partial charge is 0.372 e. The van der Waals surface area contributed by atoms with E-state index in [1.54, 1.807) is 4.90 Å². The topological polar surface area (TPSA) is 70.6 Å². The summed E-state index contributed by atoms with van der Waals surface area (Å²) in [6, 6.07) is 4.05. The molecule has 4 rings (SSSR count). The summed E-state index contributed by atoms with van der Waals surface area (Å²) < 4.78 is 44.1. The number of nitrogens with zero attached hydrogens (tertiary/aromatic N) is 4. The fourth-order valence-electron chi connectivity index (χ4n) is 4.25. The van der Waals surface area contributed by atoms with E-state index in [9.17, 15) is 18.0 Å². The highest BCUT2D eigenvalue weighted by Crippen LogP contribution is 2.31. The molecule has 32 heavy (non-hydrogen) atoms. The van der Waals surface area contributed by atoms with Crippen molar-refractivity contribution in [2.24, 2.45) is 0 Å². The van der Waals surface area contributed by atoms with E-state index in [0.717, 1.165) is 29.2 Å². The largest absolute Gasteiger partial charge is 0.416 e. The summed E-state index contributed by atoms with van der Waals surface area (Å²) in [6.07, 6.45) is -3.70. The second kappa shape index (κ2) is 8.57. The number of nitrogens with one attached hydrogen (secondary N) is 1. The molecule has 3 heterocycles. The monoisotopic (exact) mass is 449 g/mol. The minimum absolute atomic E-state index is 0.0623. The highest BCUT2D eigenvalue weighted by molar-refractivity contribution is 5.89. The number of aromatic nitrogens is 2. The number of hydrogen-bond acceptors (Lipinski definition) is 5. The lowest BCUT2D eigenvalue weighted by Gasteiger charge is -2.38. The van der Waals surface area contributed by atoms with Crippen molar-refractivity contribution in [2.75, 3.05) is 29.9 Å². The van der Waals surface area contributed by atoms with Gasteiger partial charge in [-0.2, -0.15) is 13.2 Å². The van der Waals surface area contributed by atoms with Gasteiger partial charge in [0.2, 0.25) is 0 Å². The van der Waals surface area contributed by atoms with Crippen LogP contribution in [0.5, 0.6) is 0 Å². The first-order chi connectivity index (χ1) is 15.1. The van der Waals surface area contributed by atoms with Gasteiger partial charge in [0.05, 0.1) is 30.0 Å². The van der Waals surface area contributed by atoms with E-state index < -0.39 is 11.7 Å². The van der Waals surface area contributed by atoms with Crippen molar-refractivity contribution in [1.82, 2.24) is 14.9 Å². The predicted molar refractivity (Wildman–Crippen MR) is 114 cm³/mol. The van der Waals surface area contributed by atoms with Gasteiger partial charge in [-0.3, -0.25) is 0 Å². The van der Waals surface area contributed by atoms with Crippen molar-refractivity contribution in [2.45, 2.75) is 52.1 Å². The lowest BCUT2D eigenvalue weighted by atomic mass is 10.0. The van der Waals surface area contributed by atoms with Gasteiger partial charge in [-0.15, -0.1) is 0 Å². The number of fused-ring (bicyclic) bond motifs is 1. The molecule has 0 radical (unpaired) electrons. The summed E-state index contributed by atoms with van der Waals surface area (Å²) in [5.74, 6) is 1.51. The van der Waals surface area contributed by atoms with Gasteiger partial charge in [0.25, 0.3) is 0 Å². The van der Waals surface area contributed by atoms with Gasteiger partial charge in [0.15, 0.2) is 0 Å². The normalized spacial score (nSPS) is 21.3. The van der Waals surface area contributed by atoms with Crippen molar-refractivity contribution in [3.63, 3.8) is 0 Å². The third-order valence-corrected chi connectivity index (χ3v) is 5.62.